The molecule has 0 aliphatic carbocycles. The quantitative estimate of drug-likeness (QED) is 0.406. The Balaban J connectivity index is 0. The molecule has 0 N–H and O–H groups in total. The van der Waals surface area contributed by atoms with Crippen LogP contribution in [-0.4, -0.2) is 6.26 Å². The summed E-state index contributed by atoms with van der Waals surface area (Å²) in [6, 6.07) is 0. The first-order valence-electron chi connectivity index (χ1n) is 0.864. The summed E-state index contributed by atoms with van der Waals surface area (Å²) in [5, 5.41) is 0. The van der Waals surface area contributed by atoms with Crippen molar-refractivity contribution < 1.29 is 18.6 Å². The third-order valence-corrected chi connectivity index (χ3v) is 1.06. The molecule has 3 heteroatoms. The zero-order chi connectivity index (χ0) is 3.41. The van der Waals surface area contributed by atoms with Crippen LogP contribution in [-0.2, 0) is 18.6 Å². The predicted octanol–water partition coefficient (Wildman–Crippen LogP) is 1.79. The van der Waals surface area contributed by atoms with Gasteiger partial charge in [0.25, 0.3) is 0 Å². The predicted molar refractivity (Wildman–Crippen MR) is 26.5 cm³/mol. The maximum absolute atomic E-state index is 3.48. The maximum Gasteiger partial charge on any atom is 0 e. The van der Waals surface area contributed by atoms with E-state index in [0.717, 1.165) is 0 Å². The number of rotatable bonds is 1. The molecule has 0 amide bonds. The Hall–Kier alpha value is 1.28. The zero-order valence-electron chi connectivity index (χ0n) is 2.97. The van der Waals surface area contributed by atoms with Gasteiger partial charge in [-0.05, 0) is 6.26 Å². The van der Waals surface area contributed by atoms with Gasteiger partial charge in [-0.1, -0.05) is 0 Å². The first-order valence-corrected chi connectivity index (χ1v) is 3.59. The Morgan fingerprint density at radius 3 is 1.80 bits per heavy atom. The zero-order valence-corrected chi connectivity index (χ0v) is 6.00. The molecule has 0 rings (SSSR count). The summed E-state index contributed by atoms with van der Waals surface area (Å²) in [6.45, 7) is 0. The Morgan fingerprint density at radius 1 is 1.60 bits per heavy atom. The first-order chi connectivity index (χ1) is 1.91. The minimum atomic E-state index is 0. The van der Waals surface area contributed by atoms with Crippen LogP contribution in [0.5, 0.6) is 0 Å². The Kier molecular flexibility index (Phi) is 17.2. The molecule has 0 fully saturated rings. The Bertz CT molecular complexity index is 9.61. The van der Waals surface area contributed by atoms with Gasteiger partial charge in [0, 0.05) is 18.6 Å². The summed E-state index contributed by atoms with van der Waals surface area (Å²) in [6.07, 6.45) is 5.48. The molecule has 0 aliphatic rings. The van der Waals surface area contributed by atoms with Gasteiger partial charge in [-0.15, -0.1) is 10.8 Å². The molecule has 0 spiro atoms. The molecule has 0 nitrogen and oxygen atoms in total. The molecule has 5 heavy (non-hydrogen) atoms. The number of hydrogen-bond donors (Lipinski definition) is 0. The fourth-order valence-corrected chi connectivity index (χ4v) is 0. The molecule has 0 atom stereocenters. The average Bonchev–Trinajstić information content (AvgIpc) is 1.37. The van der Waals surface area contributed by atoms with E-state index in [1.54, 1.807) is 10.8 Å². The van der Waals surface area contributed by atoms with Crippen molar-refractivity contribution in [3.05, 3.63) is 6.26 Å². The summed E-state index contributed by atoms with van der Waals surface area (Å²) in [5.41, 5.74) is 0. The van der Waals surface area contributed by atoms with E-state index < -0.39 is 0 Å². The average molecular weight is 144 g/mol. The van der Waals surface area contributed by atoms with Gasteiger partial charge in [-0.2, -0.15) is 0 Å². The third-order valence-electron chi connectivity index (χ3n) is 0.118. The van der Waals surface area contributed by atoms with Crippen LogP contribution >= 0.6 is 21.6 Å². The summed E-state index contributed by atoms with van der Waals surface area (Å²) in [7, 11) is 3.19. The summed E-state index contributed by atoms with van der Waals surface area (Å²) in [5.74, 6) is 0. The third kappa shape index (κ3) is 10.9. The standard InChI is InChI=1S/C2H5S2.V/c1-3-4-2;/h1H2,2H3;/q-1;. The molecule has 0 saturated heterocycles. The Morgan fingerprint density at radius 2 is 1.80 bits per heavy atom. The van der Waals surface area contributed by atoms with E-state index in [0.29, 0.717) is 0 Å². The van der Waals surface area contributed by atoms with Crippen molar-refractivity contribution in [2.45, 2.75) is 0 Å². The van der Waals surface area contributed by atoms with Crippen LogP contribution in [0.15, 0.2) is 0 Å². The summed E-state index contributed by atoms with van der Waals surface area (Å²) >= 11 is 0. The topological polar surface area (TPSA) is 0 Å². The van der Waals surface area contributed by atoms with E-state index in [1.807, 2.05) is 6.26 Å². The number of hydrogen-bond acceptors (Lipinski definition) is 2. The smallest absolute Gasteiger partial charge is 0 e. The van der Waals surface area contributed by atoms with Gasteiger partial charge in [0.1, 0.15) is 0 Å². The molecule has 0 heterocycles. The minimum Gasteiger partial charge on any atom is -0.287 e. The summed E-state index contributed by atoms with van der Waals surface area (Å²) in [4.78, 5) is 0. The molecular formula is C2H5S2V-. The van der Waals surface area contributed by atoms with Crippen LogP contribution in [0.25, 0.3) is 0 Å². The Labute approximate surface area is 52.8 Å². The van der Waals surface area contributed by atoms with Crippen molar-refractivity contribution in [2.75, 3.05) is 6.26 Å². The second-order valence-electron chi connectivity index (χ2n) is 0.285. The van der Waals surface area contributed by atoms with Crippen molar-refractivity contribution in [1.82, 2.24) is 0 Å². The monoisotopic (exact) mass is 144 g/mol. The van der Waals surface area contributed by atoms with Crippen LogP contribution in [0.3, 0.4) is 0 Å². The second-order valence-corrected chi connectivity index (χ2v) is 2.56. The fourth-order valence-electron chi connectivity index (χ4n) is 0. The molecule has 0 saturated carbocycles. The van der Waals surface area contributed by atoms with Crippen LogP contribution in [0.1, 0.15) is 0 Å². The van der Waals surface area contributed by atoms with E-state index in [4.69, 9.17) is 0 Å². The molecule has 0 bridgehead atoms. The SMILES string of the molecule is [CH2-]SSC.[V]. The van der Waals surface area contributed by atoms with Crippen molar-refractivity contribution in [2.24, 2.45) is 0 Å². The van der Waals surface area contributed by atoms with E-state index in [-0.39, 0.29) is 18.6 Å². The van der Waals surface area contributed by atoms with Crippen molar-refractivity contribution >= 4 is 21.6 Å². The molecule has 0 aromatic rings. The van der Waals surface area contributed by atoms with Gasteiger partial charge in [0.15, 0.2) is 0 Å². The van der Waals surface area contributed by atoms with Crippen molar-refractivity contribution in [3.8, 4) is 0 Å². The van der Waals surface area contributed by atoms with Crippen LogP contribution in [0, 0.1) is 6.26 Å². The van der Waals surface area contributed by atoms with Crippen LogP contribution in [0.2, 0.25) is 0 Å². The molecule has 31 valence electrons. The molecule has 0 aromatic heterocycles. The molecule has 1 radical (unpaired) electrons. The van der Waals surface area contributed by atoms with E-state index in [2.05, 4.69) is 6.26 Å². The van der Waals surface area contributed by atoms with Gasteiger partial charge < -0.3 is 0 Å². The maximum atomic E-state index is 3.48. The van der Waals surface area contributed by atoms with E-state index >= 15 is 0 Å². The second kappa shape index (κ2) is 8.99. The largest absolute Gasteiger partial charge is 0.287 e. The van der Waals surface area contributed by atoms with Crippen LogP contribution < -0.4 is 0 Å². The van der Waals surface area contributed by atoms with Gasteiger partial charge in [-0.25, -0.2) is 0 Å². The van der Waals surface area contributed by atoms with Crippen molar-refractivity contribution in [1.29, 1.82) is 0 Å². The van der Waals surface area contributed by atoms with Gasteiger partial charge in [0.05, 0.1) is 0 Å². The van der Waals surface area contributed by atoms with Crippen LogP contribution in [0.4, 0.5) is 0 Å². The normalized spacial score (nSPS) is 6.00. The fraction of sp³-hybridized carbons (Fsp3) is 0.500. The summed E-state index contributed by atoms with van der Waals surface area (Å²) < 4.78 is 0. The van der Waals surface area contributed by atoms with Gasteiger partial charge in [-0.3, -0.25) is 17.0 Å². The molecular weight excluding hydrogens is 139 g/mol. The minimum absolute atomic E-state index is 0. The molecule has 0 aromatic carbocycles. The first kappa shape index (κ1) is 9.56. The molecule has 0 unspecified atom stereocenters. The molecule has 0 aliphatic heterocycles. The van der Waals surface area contributed by atoms with E-state index in [1.165, 1.54) is 10.8 Å². The van der Waals surface area contributed by atoms with Crippen molar-refractivity contribution in [3.63, 3.8) is 0 Å². The van der Waals surface area contributed by atoms with Gasteiger partial charge >= 0.3 is 0 Å². The van der Waals surface area contributed by atoms with Gasteiger partial charge in [0.2, 0.25) is 0 Å². The van der Waals surface area contributed by atoms with E-state index in [9.17, 15) is 0 Å².